The fourth-order valence-electron chi connectivity index (χ4n) is 2.63. The molecule has 1 aliphatic carbocycles. The Morgan fingerprint density at radius 2 is 2.23 bits per heavy atom. The van der Waals surface area contributed by atoms with Crippen molar-refractivity contribution in [2.75, 3.05) is 25.5 Å². The summed E-state index contributed by atoms with van der Waals surface area (Å²) >= 11 is 0. The third kappa shape index (κ3) is 4.44. The summed E-state index contributed by atoms with van der Waals surface area (Å²) in [4.78, 5) is 20.0. The number of nitrogens with one attached hydrogen (secondary N) is 3. The van der Waals surface area contributed by atoms with Gasteiger partial charge in [0.05, 0.1) is 18.4 Å². The molecule has 0 aliphatic heterocycles. The third-order valence-corrected chi connectivity index (χ3v) is 4.38. The number of carbonyl (C=O) groups is 1. The molecular formula is C16H25N5O. The van der Waals surface area contributed by atoms with Gasteiger partial charge in [0, 0.05) is 19.8 Å². The van der Waals surface area contributed by atoms with Gasteiger partial charge in [0.1, 0.15) is 0 Å². The van der Waals surface area contributed by atoms with Gasteiger partial charge in [0.15, 0.2) is 5.96 Å². The van der Waals surface area contributed by atoms with Crippen LogP contribution in [-0.2, 0) is 4.79 Å². The smallest absolute Gasteiger partial charge is 0.243 e. The first-order chi connectivity index (χ1) is 10.7. The maximum absolute atomic E-state index is 11.9. The highest BCUT2D eigenvalue weighted by molar-refractivity contribution is 5.94. The lowest BCUT2D eigenvalue weighted by molar-refractivity contribution is -0.115. The number of amides is 1. The molecule has 1 aliphatic rings. The molecule has 6 heteroatoms. The first-order valence-electron chi connectivity index (χ1n) is 7.82. The van der Waals surface area contributed by atoms with Crippen molar-refractivity contribution in [2.24, 2.45) is 10.4 Å². The van der Waals surface area contributed by atoms with E-state index < -0.39 is 0 Å². The largest absolute Gasteiger partial charge is 0.356 e. The minimum Gasteiger partial charge on any atom is -0.356 e. The van der Waals surface area contributed by atoms with E-state index in [2.05, 4.69) is 32.9 Å². The van der Waals surface area contributed by atoms with E-state index in [0.29, 0.717) is 17.1 Å². The number of hydrogen-bond donors (Lipinski definition) is 3. The van der Waals surface area contributed by atoms with Crippen LogP contribution < -0.4 is 16.0 Å². The first kappa shape index (κ1) is 16.3. The Balaban J connectivity index is 1.73. The van der Waals surface area contributed by atoms with Crippen LogP contribution in [0.25, 0.3) is 0 Å². The molecule has 1 amide bonds. The molecule has 0 aromatic carbocycles. The summed E-state index contributed by atoms with van der Waals surface area (Å²) in [5.74, 6) is 0.547. The maximum Gasteiger partial charge on any atom is 0.243 e. The van der Waals surface area contributed by atoms with Crippen molar-refractivity contribution in [1.82, 2.24) is 15.6 Å². The second-order valence-electron chi connectivity index (χ2n) is 5.78. The quantitative estimate of drug-likeness (QED) is 0.553. The zero-order chi connectivity index (χ0) is 15.8. The van der Waals surface area contributed by atoms with Crippen LogP contribution in [0.3, 0.4) is 0 Å². The monoisotopic (exact) mass is 303 g/mol. The van der Waals surface area contributed by atoms with Gasteiger partial charge in [0.25, 0.3) is 0 Å². The second kappa shape index (κ2) is 7.77. The van der Waals surface area contributed by atoms with Gasteiger partial charge in [-0.05, 0) is 36.8 Å². The van der Waals surface area contributed by atoms with E-state index in [-0.39, 0.29) is 12.5 Å². The van der Waals surface area contributed by atoms with Crippen molar-refractivity contribution >= 4 is 17.6 Å². The van der Waals surface area contributed by atoms with Crippen LogP contribution in [-0.4, -0.2) is 37.0 Å². The van der Waals surface area contributed by atoms with E-state index in [4.69, 9.17) is 0 Å². The Labute approximate surface area is 131 Å². The SMILES string of the molecule is CCC1(CNC(=NC)NCC(=O)Nc2cccnc2)CCC1. The van der Waals surface area contributed by atoms with E-state index >= 15 is 0 Å². The van der Waals surface area contributed by atoms with Crippen molar-refractivity contribution in [3.8, 4) is 0 Å². The van der Waals surface area contributed by atoms with E-state index in [1.54, 1.807) is 31.6 Å². The summed E-state index contributed by atoms with van der Waals surface area (Å²) in [5.41, 5.74) is 1.10. The van der Waals surface area contributed by atoms with Crippen LogP contribution in [0.1, 0.15) is 32.6 Å². The lowest BCUT2D eigenvalue weighted by atomic mass is 9.67. The molecule has 0 unspecified atom stereocenters. The predicted molar refractivity (Wildman–Crippen MR) is 88.8 cm³/mol. The molecular weight excluding hydrogens is 278 g/mol. The molecule has 3 N–H and O–H groups in total. The molecule has 0 atom stereocenters. The summed E-state index contributed by atoms with van der Waals surface area (Å²) in [6.07, 6.45) is 8.33. The highest BCUT2D eigenvalue weighted by Gasteiger charge is 2.34. The molecule has 0 radical (unpaired) electrons. The summed E-state index contributed by atoms with van der Waals surface area (Å²) in [6, 6.07) is 3.59. The van der Waals surface area contributed by atoms with E-state index in [0.717, 1.165) is 6.54 Å². The van der Waals surface area contributed by atoms with Crippen LogP contribution in [0.5, 0.6) is 0 Å². The van der Waals surface area contributed by atoms with Gasteiger partial charge in [-0.15, -0.1) is 0 Å². The number of anilines is 1. The van der Waals surface area contributed by atoms with Crippen molar-refractivity contribution < 1.29 is 4.79 Å². The topological polar surface area (TPSA) is 78.4 Å². The van der Waals surface area contributed by atoms with Crippen LogP contribution in [0.2, 0.25) is 0 Å². The Morgan fingerprint density at radius 3 is 2.77 bits per heavy atom. The number of carbonyl (C=O) groups excluding carboxylic acids is 1. The van der Waals surface area contributed by atoms with Gasteiger partial charge in [-0.2, -0.15) is 0 Å². The van der Waals surface area contributed by atoms with Crippen molar-refractivity contribution in [3.05, 3.63) is 24.5 Å². The molecule has 1 fully saturated rings. The van der Waals surface area contributed by atoms with Crippen molar-refractivity contribution in [3.63, 3.8) is 0 Å². The van der Waals surface area contributed by atoms with Crippen LogP contribution in [0.4, 0.5) is 5.69 Å². The molecule has 2 rings (SSSR count). The maximum atomic E-state index is 11.9. The first-order valence-corrected chi connectivity index (χ1v) is 7.82. The zero-order valence-electron chi connectivity index (χ0n) is 13.4. The fourth-order valence-corrected chi connectivity index (χ4v) is 2.63. The highest BCUT2D eigenvalue weighted by Crippen LogP contribution is 2.42. The predicted octanol–water partition coefficient (Wildman–Crippen LogP) is 1.77. The highest BCUT2D eigenvalue weighted by atomic mass is 16.1. The molecule has 0 spiro atoms. The average Bonchev–Trinajstić information content (AvgIpc) is 2.50. The van der Waals surface area contributed by atoms with Crippen LogP contribution >= 0.6 is 0 Å². The van der Waals surface area contributed by atoms with Gasteiger partial charge in [-0.25, -0.2) is 0 Å². The van der Waals surface area contributed by atoms with Gasteiger partial charge >= 0.3 is 0 Å². The molecule has 1 aromatic rings. The molecule has 1 aromatic heterocycles. The summed E-state index contributed by atoms with van der Waals surface area (Å²) in [5, 5.41) is 9.15. The van der Waals surface area contributed by atoms with Gasteiger partial charge in [0.2, 0.25) is 5.91 Å². The molecule has 0 bridgehead atoms. The number of aromatic nitrogens is 1. The average molecular weight is 303 g/mol. The van der Waals surface area contributed by atoms with Crippen LogP contribution in [0, 0.1) is 5.41 Å². The summed E-state index contributed by atoms with van der Waals surface area (Å²) in [7, 11) is 1.72. The number of aliphatic imine (C=N–C) groups is 1. The third-order valence-electron chi connectivity index (χ3n) is 4.38. The summed E-state index contributed by atoms with van der Waals surface area (Å²) in [6.45, 7) is 3.32. The Morgan fingerprint density at radius 1 is 1.41 bits per heavy atom. The molecule has 6 nitrogen and oxygen atoms in total. The Hall–Kier alpha value is -2.11. The molecule has 22 heavy (non-hydrogen) atoms. The van der Waals surface area contributed by atoms with E-state index in [1.807, 2.05) is 0 Å². The molecule has 0 saturated heterocycles. The minimum absolute atomic E-state index is 0.121. The lowest BCUT2D eigenvalue weighted by Gasteiger charge is -2.41. The number of rotatable bonds is 6. The normalized spacial score (nSPS) is 16.5. The van der Waals surface area contributed by atoms with Crippen molar-refractivity contribution in [2.45, 2.75) is 32.6 Å². The van der Waals surface area contributed by atoms with E-state index in [1.165, 1.54) is 25.7 Å². The lowest BCUT2D eigenvalue weighted by Crippen LogP contribution is -2.47. The Kier molecular flexibility index (Phi) is 5.75. The van der Waals surface area contributed by atoms with Gasteiger partial charge in [-0.3, -0.25) is 14.8 Å². The molecule has 1 heterocycles. The van der Waals surface area contributed by atoms with Crippen molar-refractivity contribution in [1.29, 1.82) is 0 Å². The van der Waals surface area contributed by atoms with Gasteiger partial charge in [-0.1, -0.05) is 13.3 Å². The fraction of sp³-hybridized carbons (Fsp3) is 0.562. The number of hydrogen-bond acceptors (Lipinski definition) is 3. The number of nitrogens with zero attached hydrogens (tertiary/aromatic N) is 2. The second-order valence-corrected chi connectivity index (χ2v) is 5.78. The standard InChI is InChI=1S/C16H25N5O/c1-3-16(7-5-8-16)12-20-15(17-2)19-11-14(22)21-13-6-4-9-18-10-13/h4,6,9-10H,3,5,7-8,11-12H2,1-2H3,(H,21,22)(H2,17,19,20). The minimum atomic E-state index is -0.121. The molecule has 1 saturated carbocycles. The van der Waals surface area contributed by atoms with Gasteiger partial charge < -0.3 is 16.0 Å². The van der Waals surface area contributed by atoms with Crippen LogP contribution in [0.15, 0.2) is 29.5 Å². The summed E-state index contributed by atoms with van der Waals surface area (Å²) < 4.78 is 0. The van der Waals surface area contributed by atoms with E-state index in [9.17, 15) is 4.79 Å². The number of guanidine groups is 1. The molecule has 120 valence electrons. The number of pyridine rings is 1. The Bertz CT molecular complexity index is 505. The zero-order valence-corrected chi connectivity index (χ0v) is 13.4.